The average molecular weight is 337 g/mol. The van der Waals surface area contributed by atoms with Crippen molar-refractivity contribution in [2.45, 2.75) is 38.2 Å². The molecule has 1 aliphatic heterocycles. The van der Waals surface area contributed by atoms with E-state index in [-0.39, 0.29) is 18.2 Å². The number of thiazole rings is 1. The predicted octanol–water partition coefficient (Wildman–Crippen LogP) is 1.74. The van der Waals surface area contributed by atoms with Crippen LogP contribution in [0.4, 0.5) is 0 Å². The van der Waals surface area contributed by atoms with Crippen LogP contribution in [-0.4, -0.2) is 47.5 Å². The Kier molecular flexibility index (Phi) is 5.90. The largest absolute Gasteiger partial charge is 0.376 e. The molecule has 1 aromatic rings. The quantitative estimate of drug-likeness (QED) is 0.801. The van der Waals surface area contributed by atoms with Gasteiger partial charge < -0.3 is 15.4 Å². The van der Waals surface area contributed by atoms with Gasteiger partial charge in [-0.1, -0.05) is 0 Å². The molecule has 0 radical (unpaired) electrons. The number of aromatic nitrogens is 1. The topological polar surface area (TPSA) is 85.5 Å². The summed E-state index contributed by atoms with van der Waals surface area (Å²) in [5.41, 5.74) is 5.56. The van der Waals surface area contributed by atoms with Crippen molar-refractivity contribution in [2.75, 3.05) is 20.2 Å². The number of amides is 2. The van der Waals surface area contributed by atoms with Gasteiger partial charge in [0.1, 0.15) is 0 Å². The van der Waals surface area contributed by atoms with E-state index in [4.69, 9.17) is 10.5 Å². The van der Waals surface area contributed by atoms with Crippen molar-refractivity contribution in [3.8, 4) is 0 Å². The summed E-state index contributed by atoms with van der Waals surface area (Å²) in [4.78, 5) is 29.5. The first-order valence-corrected chi connectivity index (χ1v) is 8.55. The zero-order chi connectivity index (χ0) is 16.9. The number of aryl methyl sites for hydroxylation is 1. The van der Waals surface area contributed by atoms with E-state index < -0.39 is 5.60 Å². The van der Waals surface area contributed by atoms with Gasteiger partial charge in [-0.3, -0.25) is 9.59 Å². The van der Waals surface area contributed by atoms with Gasteiger partial charge in [0.15, 0.2) is 0 Å². The third-order valence-corrected chi connectivity index (χ3v) is 4.94. The third kappa shape index (κ3) is 4.87. The molecule has 0 spiro atoms. The second-order valence-corrected chi connectivity index (χ2v) is 6.90. The highest BCUT2D eigenvalue weighted by atomic mass is 32.1. The number of nitrogens with two attached hydrogens (primary N) is 1. The van der Waals surface area contributed by atoms with Crippen molar-refractivity contribution >= 4 is 29.2 Å². The highest BCUT2D eigenvalue weighted by Gasteiger charge is 2.36. The maximum absolute atomic E-state index is 12.4. The molecule has 23 heavy (non-hydrogen) atoms. The lowest BCUT2D eigenvalue weighted by molar-refractivity contribution is -0.136. The molecule has 1 atom stereocenters. The van der Waals surface area contributed by atoms with Gasteiger partial charge in [0.2, 0.25) is 11.8 Å². The van der Waals surface area contributed by atoms with Crippen molar-refractivity contribution in [3.05, 3.63) is 22.2 Å². The van der Waals surface area contributed by atoms with Crippen molar-refractivity contribution in [1.82, 2.24) is 9.88 Å². The summed E-state index contributed by atoms with van der Waals surface area (Å²) in [5.74, 6) is -0.403. The Bertz CT molecular complexity index is 599. The molecule has 1 unspecified atom stereocenters. The number of likely N-dealkylation sites (tertiary alicyclic amines) is 1. The van der Waals surface area contributed by atoms with E-state index in [1.54, 1.807) is 35.5 Å². The predicted molar refractivity (Wildman–Crippen MR) is 89.9 cm³/mol. The fraction of sp³-hybridized carbons (Fsp3) is 0.562. The van der Waals surface area contributed by atoms with Gasteiger partial charge in [-0.25, -0.2) is 4.98 Å². The average Bonchev–Trinajstić information content (AvgIpc) is 2.96. The molecule has 6 nitrogen and oxygen atoms in total. The minimum atomic E-state index is -0.478. The normalized spacial score (nSPS) is 21.7. The molecule has 1 fully saturated rings. The zero-order valence-electron chi connectivity index (χ0n) is 13.6. The van der Waals surface area contributed by atoms with E-state index in [0.29, 0.717) is 19.5 Å². The molecule has 126 valence electrons. The number of carbonyl (C=O) groups is 2. The second-order valence-electron chi connectivity index (χ2n) is 5.84. The molecule has 1 aromatic heterocycles. The van der Waals surface area contributed by atoms with E-state index in [2.05, 4.69) is 4.98 Å². The summed E-state index contributed by atoms with van der Waals surface area (Å²) < 4.78 is 5.64. The van der Waals surface area contributed by atoms with Crippen LogP contribution in [0.1, 0.15) is 36.4 Å². The highest BCUT2D eigenvalue weighted by Crippen LogP contribution is 2.29. The first kappa shape index (κ1) is 17.6. The Morgan fingerprint density at radius 1 is 1.57 bits per heavy atom. The minimum absolute atomic E-state index is 0.0594. The van der Waals surface area contributed by atoms with Crippen LogP contribution >= 0.6 is 11.3 Å². The van der Waals surface area contributed by atoms with E-state index >= 15 is 0 Å². The van der Waals surface area contributed by atoms with Gasteiger partial charge in [-0.15, -0.1) is 11.3 Å². The first-order chi connectivity index (χ1) is 10.9. The molecular weight excluding hydrogens is 314 g/mol. The zero-order valence-corrected chi connectivity index (χ0v) is 14.4. The molecule has 0 aliphatic carbocycles. The van der Waals surface area contributed by atoms with Crippen molar-refractivity contribution in [1.29, 1.82) is 0 Å². The van der Waals surface area contributed by atoms with Crippen LogP contribution in [0.2, 0.25) is 0 Å². The van der Waals surface area contributed by atoms with Gasteiger partial charge in [0.25, 0.3) is 0 Å². The lowest BCUT2D eigenvalue weighted by Crippen LogP contribution is -2.51. The number of primary amides is 1. The van der Waals surface area contributed by atoms with Crippen molar-refractivity contribution < 1.29 is 14.3 Å². The summed E-state index contributed by atoms with van der Waals surface area (Å²) >= 11 is 1.55. The van der Waals surface area contributed by atoms with Crippen LogP contribution in [-0.2, 0) is 14.3 Å². The number of hydrogen-bond donors (Lipinski definition) is 1. The van der Waals surface area contributed by atoms with Crippen LogP contribution in [0.3, 0.4) is 0 Å². The fourth-order valence-electron chi connectivity index (χ4n) is 2.83. The number of rotatable bonds is 6. The Balaban J connectivity index is 1.99. The number of piperidine rings is 1. The van der Waals surface area contributed by atoms with Crippen molar-refractivity contribution in [3.63, 3.8) is 0 Å². The molecular formula is C16H23N3O3S. The van der Waals surface area contributed by atoms with Crippen LogP contribution in [0.5, 0.6) is 0 Å². The summed E-state index contributed by atoms with van der Waals surface area (Å²) in [6, 6.07) is 0. The molecule has 1 aliphatic rings. The van der Waals surface area contributed by atoms with Gasteiger partial charge in [0, 0.05) is 38.1 Å². The van der Waals surface area contributed by atoms with E-state index in [0.717, 1.165) is 23.5 Å². The van der Waals surface area contributed by atoms with Gasteiger partial charge in [0.05, 0.1) is 16.3 Å². The first-order valence-electron chi connectivity index (χ1n) is 7.67. The Labute approximate surface area is 140 Å². The summed E-state index contributed by atoms with van der Waals surface area (Å²) in [6.45, 7) is 3.11. The van der Waals surface area contributed by atoms with Crippen LogP contribution in [0.15, 0.2) is 11.5 Å². The van der Waals surface area contributed by atoms with Gasteiger partial charge in [-0.2, -0.15) is 0 Å². The Morgan fingerprint density at radius 2 is 2.35 bits per heavy atom. The molecule has 1 saturated heterocycles. The molecule has 2 rings (SSSR count). The SMILES string of the molecule is COC1(CCC(N)=O)CCCN(C(=O)/C=C/c2csc(C)n2)C1. The molecule has 2 heterocycles. The summed E-state index contributed by atoms with van der Waals surface area (Å²) in [7, 11) is 1.63. The molecule has 7 heteroatoms. The lowest BCUT2D eigenvalue weighted by atomic mass is 9.87. The number of ether oxygens (including phenoxy) is 1. The maximum Gasteiger partial charge on any atom is 0.246 e. The highest BCUT2D eigenvalue weighted by molar-refractivity contribution is 7.09. The summed E-state index contributed by atoms with van der Waals surface area (Å²) in [6.07, 6.45) is 5.77. The van der Waals surface area contributed by atoms with E-state index in [1.807, 2.05) is 12.3 Å². The molecule has 0 saturated carbocycles. The van der Waals surface area contributed by atoms with Crippen LogP contribution < -0.4 is 5.73 Å². The number of hydrogen-bond acceptors (Lipinski definition) is 5. The smallest absolute Gasteiger partial charge is 0.246 e. The minimum Gasteiger partial charge on any atom is -0.376 e. The van der Waals surface area contributed by atoms with Gasteiger partial charge in [-0.05, 0) is 32.3 Å². The Morgan fingerprint density at radius 3 is 2.96 bits per heavy atom. The standard InChI is InChI=1S/C16H23N3O3S/c1-12-18-13(10-23-12)4-5-15(21)19-9-3-7-16(11-19,22-2)8-6-14(17)20/h4-5,10H,3,6-9,11H2,1-2H3,(H2,17,20)/b5-4+. The number of nitrogens with zero attached hydrogens (tertiary/aromatic N) is 2. The van der Waals surface area contributed by atoms with Crippen LogP contribution in [0.25, 0.3) is 6.08 Å². The monoisotopic (exact) mass is 337 g/mol. The van der Waals surface area contributed by atoms with E-state index in [9.17, 15) is 9.59 Å². The fourth-order valence-corrected chi connectivity index (χ4v) is 3.41. The second kappa shape index (κ2) is 7.70. The van der Waals surface area contributed by atoms with Crippen LogP contribution in [0, 0.1) is 6.92 Å². The molecule has 2 amide bonds. The third-order valence-electron chi connectivity index (χ3n) is 4.14. The molecule has 0 aromatic carbocycles. The van der Waals surface area contributed by atoms with Gasteiger partial charge >= 0.3 is 0 Å². The number of methoxy groups -OCH3 is 1. The Hall–Kier alpha value is -1.73. The van der Waals surface area contributed by atoms with E-state index in [1.165, 1.54) is 0 Å². The summed E-state index contributed by atoms with van der Waals surface area (Å²) in [5, 5.41) is 2.89. The van der Waals surface area contributed by atoms with Crippen molar-refractivity contribution in [2.24, 2.45) is 5.73 Å². The number of carbonyl (C=O) groups excluding carboxylic acids is 2. The molecule has 0 bridgehead atoms. The molecule has 2 N–H and O–H groups in total. The lowest BCUT2D eigenvalue weighted by Gasteiger charge is -2.41. The maximum atomic E-state index is 12.4.